The van der Waals surface area contributed by atoms with Crippen molar-refractivity contribution in [3.8, 4) is 0 Å². The molecule has 0 amide bonds. The summed E-state index contributed by atoms with van der Waals surface area (Å²) in [6.07, 6.45) is 0.545. The number of Topliss-reactive ketones (excluding diaryl/α,β-unsaturated/α-hetero) is 1. The zero-order chi connectivity index (χ0) is 23.5. The summed E-state index contributed by atoms with van der Waals surface area (Å²) in [5, 5.41) is -0.377. The van der Waals surface area contributed by atoms with E-state index in [1.54, 1.807) is 0 Å². The fraction of sp³-hybridized carbons (Fsp3) is 0.320. The van der Waals surface area contributed by atoms with Crippen LogP contribution < -0.4 is 0 Å². The molecule has 0 saturated heterocycles. The molecule has 168 valence electrons. The largest absolute Gasteiger partial charge is 0.459 e. The van der Waals surface area contributed by atoms with E-state index in [1.807, 2.05) is 76.2 Å². The van der Waals surface area contributed by atoms with Crippen LogP contribution in [0.15, 0.2) is 53.4 Å². The van der Waals surface area contributed by atoms with Gasteiger partial charge >= 0.3 is 5.97 Å². The lowest BCUT2D eigenvalue weighted by molar-refractivity contribution is -0.151. The molecule has 0 aliphatic heterocycles. The van der Waals surface area contributed by atoms with Gasteiger partial charge in [0.15, 0.2) is 0 Å². The first-order valence-corrected chi connectivity index (χ1v) is 11.8. The number of carbonyl (C=O) groups is 3. The van der Waals surface area contributed by atoms with Gasteiger partial charge in [-0.1, -0.05) is 43.3 Å². The van der Waals surface area contributed by atoms with Crippen LogP contribution in [0, 0.1) is 0 Å². The lowest BCUT2D eigenvalue weighted by atomic mass is 10.1. The second-order valence-corrected chi connectivity index (χ2v) is 9.74. The maximum atomic E-state index is 12.9. The smallest absolute Gasteiger partial charge is 0.316 e. The van der Waals surface area contributed by atoms with Gasteiger partial charge in [0.05, 0.1) is 16.8 Å². The van der Waals surface area contributed by atoms with Crippen LogP contribution in [0.2, 0.25) is 0 Å². The van der Waals surface area contributed by atoms with Gasteiger partial charge in [0.1, 0.15) is 5.60 Å². The molecule has 0 spiro atoms. The van der Waals surface area contributed by atoms with Gasteiger partial charge < -0.3 is 9.30 Å². The zero-order valence-electron chi connectivity index (χ0n) is 18.6. The molecule has 0 fully saturated rings. The van der Waals surface area contributed by atoms with Gasteiger partial charge in [-0.3, -0.25) is 14.4 Å². The van der Waals surface area contributed by atoms with Crippen molar-refractivity contribution in [3.63, 3.8) is 0 Å². The van der Waals surface area contributed by atoms with Gasteiger partial charge in [0.25, 0.3) is 5.24 Å². The maximum Gasteiger partial charge on any atom is 0.316 e. The van der Waals surface area contributed by atoms with E-state index in [9.17, 15) is 14.4 Å². The van der Waals surface area contributed by atoms with Gasteiger partial charge in [0.2, 0.25) is 5.78 Å². The van der Waals surface area contributed by atoms with E-state index < -0.39 is 16.6 Å². The highest BCUT2D eigenvalue weighted by Crippen LogP contribution is 2.36. The molecular weight excluding hydrogens is 446 g/mol. The van der Waals surface area contributed by atoms with Crippen LogP contribution in [0.25, 0.3) is 10.9 Å². The molecule has 0 unspecified atom stereocenters. The number of hydrogen-bond donors (Lipinski definition) is 0. The predicted octanol–water partition coefficient (Wildman–Crippen LogP) is 5.63. The number of fused-ring (bicyclic) bond motifs is 1. The van der Waals surface area contributed by atoms with Crippen LogP contribution in [0.4, 0.5) is 0 Å². The van der Waals surface area contributed by atoms with E-state index in [2.05, 4.69) is 4.57 Å². The van der Waals surface area contributed by atoms with Crippen LogP contribution in [0.5, 0.6) is 0 Å². The average molecular weight is 472 g/mol. The molecule has 3 aromatic rings. The minimum atomic E-state index is -1.02. The van der Waals surface area contributed by atoms with Crippen molar-refractivity contribution in [2.75, 3.05) is 5.75 Å². The molecule has 2 aromatic carbocycles. The molecule has 0 aliphatic rings. The standard InChI is InChI=1S/C25H26ClNO4S/c1-5-17-22(23(29)24(26)30)21-18(27(17)14-16-10-7-6-8-11-16)12-9-13-19(21)32-15-20(28)31-25(2,3)4/h6-13H,5,14-15H2,1-4H3. The van der Waals surface area contributed by atoms with Crippen LogP contribution in [0.3, 0.4) is 0 Å². The summed E-state index contributed by atoms with van der Waals surface area (Å²) in [6.45, 7) is 7.94. The number of carbonyl (C=O) groups excluding carboxylic acids is 3. The predicted molar refractivity (Wildman–Crippen MR) is 129 cm³/mol. The first kappa shape index (κ1) is 24.1. The number of aromatic nitrogens is 1. The normalized spacial score (nSPS) is 11.5. The number of thioether (sulfide) groups is 1. The van der Waals surface area contributed by atoms with Crippen molar-refractivity contribution in [2.45, 2.75) is 51.2 Å². The van der Waals surface area contributed by atoms with Gasteiger partial charge in [-0.25, -0.2) is 0 Å². The third kappa shape index (κ3) is 5.43. The summed E-state index contributed by atoms with van der Waals surface area (Å²) in [7, 11) is 0. The van der Waals surface area contributed by atoms with Crippen LogP contribution in [-0.2, 0) is 27.3 Å². The molecule has 5 nitrogen and oxygen atoms in total. The number of benzene rings is 2. The quantitative estimate of drug-likeness (QED) is 0.140. The topological polar surface area (TPSA) is 65.4 Å². The molecule has 3 rings (SSSR count). The highest BCUT2D eigenvalue weighted by Gasteiger charge is 2.27. The van der Waals surface area contributed by atoms with Gasteiger partial charge in [0, 0.05) is 22.5 Å². The molecular formula is C25H26ClNO4S. The second-order valence-electron chi connectivity index (χ2n) is 8.38. The molecule has 1 aromatic heterocycles. The van der Waals surface area contributed by atoms with Crippen molar-refractivity contribution >= 4 is 51.3 Å². The summed E-state index contributed by atoms with van der Waals surface area (Å²) >= 11 is 6.92. The average Bonchev–Trinajstić information content (AvgIpc) is 3.05. The van der Waals surface area contributed by atoms with Gasteiger partial charge in [-0.2, -0.15) is 0 Å². The van der Waals surface area contributed by atoms with E-state index in [0.29, 0.717) is 23.9 Å². The van der Waals surface area contributed by atoms with E-state index in [0.717, 1.165) is 21.7 Å². The molecule has 32 heavy (non-hydrogen) atoms. The fourth-order valence-corrected chi connectivity index (χ4v) is 4.66. The molecule has 7 heteroatoms. The Hall–Kier alpha value is -2.57. The Morgan fingerprint density at radius 3 is 2.31 bits per heavy atom. The lowest BCUT2D eigenvalue weighted by Gasteiger charge is -2.19. The summed E-state index contributed by atoms with van der Waals surface area (Å²) in [5.41, 5.74) is 2.37. The lowest BCUT2D eigenvalue weighted by Crippen LogP contribution is -2.24. The van der Waals surface area contributed by atoms with Crippen LogP contribution >= 0.6 is 23.4 Å². The maximum absolute atomic E-state index is 12.9. The summed E-state index contributed by atoms with van der Waals surface area (Å²) in [4.78, 5) is 37.8. The third-order valence-corrected chi connectivity index (χ3v) is 6.05. The monoisotopic (exact) mass is 471 g/mol. The summed E-state index contributed by atoms with van der Waals surface area (Å²) < 4.78 is 7.46. The van der Waals surface area contributed by atoms with Crippen molar-refractivity contribution in [1.29, 1.82) is 0 Å². The van der Waals surface area contributed by atoms with E-state index in [4.69, 9.17) is 16.3 Å². The molecule has 0 radical (unpaired) electrons. The fourth-order valence-electron chi connectivity index (χ4n) is 3.71. The number of esters is 1. The molecule has 0 N–H and O–H groups in total. The highest BCUT2D eigenvalue weighted by molar-refractivity contribution is 8.00. The molecule has 1 heterocycles. The number of halogens is 1. The first-order chi connectivity index (χ1) is 15.1. The molecule has 0 atom stereocenters. The minimum absolute atomic E-state index is 0.0875. The Morgan fingerprint density at radius 2 is 1.72 bits per heavy atom. The SMILES string of the molecule is CCc1c(C(=O)C(=O)Cl)c2c(SCC(=O)OC(C)(C)C)cccc2n1Cc1ccccc1. The highest BCUT2D eigenvalue weighted by atomic mass is 35.5. The molecule has 0 bridgehead atoms. The Labute approximate surface area is 197 Å². The first-order valence-electron chi connectivity index (χ1n) is 10.4. The summed E-state index contributed by atoms with van der Waals surface area (Å²) in [5.74, 6) is -0.990. The van der Waals surface area contributed by atoms with Crippen molar-refractivity contribution < 1.29 is 19.1 Å². The number of hydrogen-bond acceptors (Lipinski definition) is 5. The van der Waals surface area contributed by atoms with Gasteiger partial charge in [-0.15, -0.1) is 11.8 Å². The number of ether oxygens (including phenoxy) is 1. The Balaban J connectivity index is 2.13. The molecule has 0 aliphatic carbocycles. The van der Waals surface area contributed by atoms with Crippen molar-refractivity contribution in [1.82, 2.24) is 4.57 Å². The third-order valence-electron chi connectivity index (χ3n) is 4.85. The summed E-state index contributed by atoms with van der Waals surface area (Å²) in [6, 6.07) is 15.6. The van der Waals surface area contributed by atoms with Crippen molar-refractivity contribution in [2.24, 2.45) is 0 Å². The second kappa shape index (κ2) is 9.92. The Kier molecular flexibility index (Phi) is 7.47. The molecule has 0 saturated carbocycles. The van der Waals surface area contributed by atoms with E-state index >= 15 is 0 Å². The minimum Gasteiger partial charge on any atom is -0.459 e. The Morgan fingerprint density at radius 1 is 1.03 bits per heavy atom. The number of nitrogens with zero attached hydrogens (tertiary/aromatic N) is 1. The van der Waals surface area contributed by atoms with Crippen LogP contribution in [-0.4, -0.2) is 32.9 Å². The van der Waals surface area contributed by atoms with Crippen molar-refractivity contribution in [3.05, 3.63) is 65.4 Å². The Bertz CT molecular complexity index is 1160. The number of ketones is 1. The number of rotatable bonds is 8. The van der Waals surface area contributed by atoms with Crippen LogP contribution in [0.1, 0.15) is 49.3 Å². The zero-order valence-corrected chi connectivity index (χ0v) is 20.2. The van der Waals surface area contributed by atoms with E-state index in [-0.39, 0.29) is 11.7 Å². The van der Waals surface area contributed by atoms with Gasteiger partial charge in [-0.05, 0) is 56.5 Å². The van der Waals surface area contributed by atoms with E-state index in [1.165, 1.54) is 11.8 Å².